The van der Waals surface area contributed by atoms with E-state index in [1.165, 1.54) is 0 Å². The standard InChI is InChI=1S/C22H19BrN4OS/c23-16-10-12-18(13-11-16)28-15-14-27-20-9-5-4-8-19(20)25-21(27)26-22(29)24-17-6-2-1-3-7-17/h1-13H,14-15H2,(H2,24,25,26,29). The second kappa shape index (κ2) is 9.07. The summed E-state index contributed by atoms with van der Waals surface area (Å²) >= 11 is 8.91. The fourth-order valence-electron chi connectivity index (χ4n) is 2.97. The van der Waals surface area contributed by atoms with E-state index in [9.17, 15) is 0 Å². The van der Waals surface area contributed by atoms with E-state index in [1.54, 1.807) is 0 Å². The lowest BCUT2D eigenvalue weighted by molar-refractivity contribution is 0.301. The molecule has 5 nitrogen and oxygen atoms in total. The van der Waals surface area contributed by atoms with Crippen LogP contribution in [0.1, 0.15) is 0 Å². The number of para-hydroxylation sites is 3. The number of hydrogen-bond donors (Lipinski definition) is 2. The zero-order valence-electron chi connectivity index (χ0n) is 15.5. The molecule has 2 N–H and O–H groups in total. The van der Waals surface area contributed by atoms with Gasteiger partial charge in [0.1, 0.15) is 12.4 Å². The Labute approximate surface area is 182 Å². The van der Waals surface area contributed by atoms with Crippen LogP contribution in [-0.4, -0.2) is 21.3 Å². The molecule has 4 aromatic rings. The van der Waals surface area contributed by atoms with Gasteiger partial charge < -0.3 is 19.9 Å². The fraction of sp³-hybridized carbons (Fsp3) is 0.0909. The Morgan fingerprint density at radius 1 is 0.931 bits per heavy atom. The molecule has 0 radical (unpaired) electrons. The van der Waals surface area contributed by atoms with Gasteiger partial charge in [-0.15, -0.1) is 0 Å². The molecule has 4 rings (SSSR count). The first-order chi connectivity index (χ1) is 14.2. The number of ether oxygens (including phenoxy) is 1. The van der Waals surface area contributed by atoms with Gasteiger partial charge in [0.25, 0.3) is 0 Å². The van der Waals surface area contributed by atoms with Crippen molar-refractivity contribution in [3.8, 4) is 5.75 Å². The highest BCUT2D eigenvalue weighted by Gasteiger charge is 2.12. The van der Waals surface area contributed by atoms with Crippen molar-refractivity contribution in [3.63, 3.8) is 0 Å². The van der Waals surface area contributed by atoms with Crippen LogP contribution < -0.4 is 15.4 Å². The average Bonchev–Trinajstić information content (AvgIpc) is 3.07. The van der Waals surface area contributed by atoms with Gasteiger partial charge >= 0.3 is 0 Å². The number of nitrogens with zero attached hydrogens (tertiary/aromatic N) is 2. The van der Waals surface area contributed by atoms with Crippen LogP contribution in [0.5, 0.6) is 5.75 Å². The number of halogens is 1. The number of benzene rings is 3. The summed E-state index contributed by atoms with van der Waals surface area (Å²) in [4.78, 5) is 4.69. The number of nitrogens with one attached hydrogen (secondary N) is 2. The molecule has 0 saturated heterocycles. The Hall–Kier alpha value is -2.90. The molecule has 7 heteroatoms. The molecule has 0 aliphatic carbocycles. The predicted molar refractivity (Wildman–Crippen MR) is 126 cm³/mol. The molecule has 0 bridgehead atoms. The van der Waals surface area contributed by atoms with Crippen LogP contribution in [0.2, 0.25) is 0 Å². The average molecular weight is 467 g/mol. The monoisotopic (exact) mass is 466 g/mol. The van der Waals surface area contributed by atoms with Gasteiger partial charge in [-0.1, -0.05) is 46.3 Å². The van der Waals surface area contributed by atoms with Crippen LogP contribution >= 0.6 is 28.1 Å². The van der Waals surface area contributed by atoms with Gasteiger partial charge in [-0.3, -0.25) is 0 Å². The van der Waals surface area contributed by atoms with Crippen molar-refractivity contribution in [2.75, 3.05) is 17.2 Å². The van der Waals surface area contributed by atoms with E-state index >= 15 is 0 Å². The zero-order valence-corrected chi connectivity index (χ0v) is 17.9. The molecular formula is C22H19BrN4OS. The van der Waals surface area contributed by atoms with Crippen LogP contribution in [0.3, 0.4) is 0 Å². The van der Waals surface area contributed by atoms with Gasteiger partial charge in [-0.2, -0.15) is 0 Å². The minimum atomic E-state index is 0.488. The Morgan fingerprint density at radius 2 is 1.66 bits per heavy atom. The van der Waals surface area contributed by atoms with Crippen molar-refractivity contribution in [2.24, 2.45) is 0 Å². The molecule has 0 saturated carbocycles. The molecule has 1 aromatic heterocycles. The first-order valence-electron chi connectivity index (χ1n) is 9.16. The molecule has 1 heterocycles. The van der Waals surface area contributed by atoms with E-state index in [4.69, 9.17) is 21.9 Å². The number of rotatable bonds is 6. The third-order valence-electron chi connectivity index (χ3n) is 4.31. The fourth-order valence-corrected chi connectivity index (χ4v) is 3.44. The van der Waals surface area contributed by atoms with Crippen molar-refractivity contribution in [2.45, 2.75) is 6.54 Å². The van der Waals surface area contributed by atoms with Gasteiger partial charge in [-0.05, 0) is 60.7 Å². The maximum absolute atomic E-state index is 5.89. The Balaban J connectivity index is 1.49. The molecule has 3 aromatic carbocycles. The van der Waals surface area contributed by atoms with Gasteiger partial charge in [0.2, 0.25) is 5.95 Å². The Bertz CT molecular complexity index is 1110. The molecule has 146 valence electrons. The third-order valence-corrected chi connectivity index (χ3v) is 5.04. The second-order valence-corrected chi connectivity index (χ2v) is 7.65. The highest BCUT2D eigenvalue weighted by molar-refractivity contribution is 9.10. The summed E-state index contributed by atoms with van der Waals surface area (Å²) in [7, 11) is 0. The van der Waals surface area contributed by atoms with E-state index in [-0.39, 0.29) is 0 Å². The second-order valence-electron chi connectivity index (χ2n) is 6.32. The zero-order chi connectivity index (χ0) is 20.1. The van der Waals surface area contributed by atoms with Crippen LogP contribution in [-0.2, 0) is 6.54 Å². The molecule has 29 heavy (non-hydrogen) atoms. The van der Waals surface area contributed by atoms with Crippen molar-refractivity contribution in [1.29, 1.82) is 0 Å². The maximum atomic E-state index is 5.89. The summed E-state index contributed by atoms with van der Waals surface area (Å²) in [6.45, 7) is 1.14. The van der Waals surface area contributed by atoms with Crippen molar-refractivity contribution in [1.82, 2.24) is 9.55 Å². The minimum Gasteiger partial charge on any atom is -0.492 e. The molecule has 0 fully saturated rings. The van der Waals surface area contributed by atoms with E-state index < -0.39 is 0 Å². The Morgan fingerprint density at radius 3 is 2.45 bits per heavy atom. The maximum Gasteiger partial charge on any atom is 0.210 e. The number of anilines is 2. The molecule has 0 unspecified atom stereocenters. The molecule has 0 atom stereocenters. The van der Waals surface area contributed by atoms with Crippen LogP contribution in [0.25, 0.3) is 11.0 Å². The molecule has 0 spiro atoms. The van der Waals surface area contributed by atoms with Crippen molar-refractivity contribution < 1.29 is 4.74 Å². The Kier molecular flexibility index (Phi) is 6.07. The van der Waals surface area contributed by atoms with Gasteiger partial charge in [0.15, 0.2) is 5.11 Å². The van der Waals surface area contributed by atoms with Crippen LogP contribution in [0.4, 0.5) is 11.6 Å². The van der Waals surface area contributed by atoms with Crippen LogP contribution in [0, 0.1) is 0 Å². The lowest BCUT2D eigenvalue weighted by Gasteiger charge is -2.13. The lowest BCUT2D eigenvalue weighted by Crippen LogP contribution is -2.22. The number of thiocarbonyl (C=S) groups is 1. The molecule has 0 aliphatic rings. The summed E-state index contributed by atoms with van der Waals surface area (Å²) in [5, 5.41) is 6.88. The van der Waals surface area contributed by atoms with E-state index in [0.717, 1.165) is 26.9 Å². The first-order valence-corrected chi connectivity index (χ1v) is 10.4. The quantitative estimate of drug-likeness (QED) is 0.357. The smallest absolute Gasteiger partial charge is 0.210 e. The summed E-state index contributed by atoms with van der Waals surface area (Å²) < 4.78 is 8.99. The number of fused-ring (bicyclic) bond motifs is 1. The van der Waals surface area contributed by atoms with Gasteiger partial charge in [0, 0.05) is 10.2 Å². The lowest BCUT2D eigenvalue weighted by atomic mass is 10.3. The highest BCUT2D eigenvalue weighted by Crippen LogP contribution is 2.21. The number of aromatic nitrogens is 2. The number of imidazole rings is 1. The SMILES string of the molecule is S=C(Nc1ccccc1)Nc1nc2ccccc2n1CCOc1ccc(Br)cc1. The van der Waals surface area contributed by atoms with Gasteiger partial charge in [-0.25, -0.2) is 4.98 Å². The van der Waals surface area contributed by atoms with E-state index in [2.05, 4.69) is 31.1 Å². The first kappa shape index (κ1) is 19.4. The normalized spacial score (nSPS) is 10.7. The van der Waals surface area contributed by atoms with Gasteiger partial charge in [0.05, 0.1) is 17.6 Å². The molecule has 0 amide bonds. The van der Waals surface area contributed by atoms with E-state index in [0.29, 0.717) is 24.2 Å². The number of hydrogen-bond acceptors (Lipinski definition) is 3. The van der Waals surface area contributed by atoms with Crippen LogP contribution in [0.15, 0.2) is 83.3 Å². The molecule has 0 aliphatic heterocycles. The van der Waals surface area contributed by atoms with Crippen molar-refractivity contribution >= 4 is 55.9 Å². The summed E-state index contributed by atoms with van der Waals surface area (Å²) in [5.74, 6) is 1.51. The topological polar surface area (TPSA) is 51.1 Å². The highest BCUT2D eigenvalue weighted by atomic mass is 79.9. The van der Waals surface area contributed by atoms with Crippen molar-refractivity contribution in [3.05, 3.63) is 83.3 Å². The molecular weight excluding hydrogens is 448 g/mol. The summed E-state index contributed by atoms with van der Waals surface area (Å²) in [6, 6.07) is 25.6. The minimum absolute atomic E-state index is 0.488. The third kappa shape index (κ3) is 4.93. The summed E-state index contributed by atoms with van der Waals surface area (Å²) in [6.07, 6.45) is 0. The predicted octanol–water partition coefficient (Wildman–Crippen LogP) is 5.69. The largest absolute Gasteiger partial charge is 0.492 e. The summed E-state index contributed by atoms with van der Waals surface area (Å²) in [5.41, 5.74) is 2.85. The van der Waals surface area contributed by atoms with E-state index in [1.807, 2.05) is 78.9 Å².